The van der Waals surface area contributed by atoms with Crippen molar-refractivity contribution in [1.82, 2.24) is 4.98 Å². The Bertz CT molecular complexity index is 798. The summed E-state index contributed by atoms with van der Waals surface area (Å²) in [6.07, 6.45) is 1.41. The summed E-state index contributed by atoms with van der Waals surface area (Å²) in [5.74, 6) is 1.66. The van der Waals surface area contributed by atoms with Crippen molar-refractivity contribution >= 4 is 29.1 Å². The number of ether oxygens (including phenoxy) is 2. The molecule has 0 fully saturated rings. The Labute approximate surface area is 135 Å². The molecule has 1 aliphatic heterocycles. The number of ketones is 1. The SMILES string of the molecule is Cc1c2c(nc3cc4c(cc13)OCO4)CC(C)(C)CC2=O.Cl. The smallest absolute Gasteiger partial charge is 0.231 e. The van der Waals surface area contributed by atoms with E-state index in [4.69, 9.17) is 14.5 Å². The van der Waals surface area contributed by atoms with Gasteiger partial charge in [0, 0.05) is 23.4 Å². The number of nitrogens with zero attached hydrogens (tertiary/aromatic N) is 1. The Balaban J connectivity index is 0.00000144. The molecule has 0 saturated carbocycles. The minimum absolute atomic E-state index is 0. The van der Waals surface area contributed by atoms with Crippen LogP contribution in [0.2, 0.25) is 0 Å². The summed E-state index contributed by atoms with van der Waals surface area (Å²) < 4.78 is 10.9. The van der Waals surface area contributed by atoms with Crippen LogP contribution in [-0.4, -0.2) is 17.6 Å². The average Bonchev–Trinajstić information content (AvgIpc) is 2.81. The Hall–Kier alpha value is -1.81. The lowest BCUT2D eigenvalue weighted by molar-refractivity contribution is 0.0910. The highest BCUT2D eigenvalue weighted by molar-refractivity contribution is 6.04. The second-order valence-electron chi connectivity index (χ2n) is 6.72. The number of pyridine rings is 1. The Kier molecular flexibility index (Phi) is 3.33. The van der Waals surface area contributed by atoms with Crippen molar-refractivity contribution in [3.63, 3.8) is 0 Å². The fraction of sp³-hybridized carbons (Fsp3) is 0.412. The lowest BCUT2D eigenvalue weighted by Crippen LogP contribution is -2.28. The third kappa shape index (κ3) is 2.13. The van der Waals surface area contributed by atoms with Gasteiger partial charge in [-0.05, 0) is 30.4 Å². The van der Waals surface area contributed by atoms with Crippen molar-refractivity contribution < 1.29 is 14.3 Å². The van der Waals surface area contributed by atoms with Gasteiger partial charge in [0.25, 0.3) is 0 Å². The Morgan fingerprint density at radius 1 is 1.14 bits per heavy atom. The van der Waals surface area contributed by atoms with E-state index in [1.807, 2.05) is 19.1 Å². The molecule has 0 N–H and O–H groups in total. The van der Waals surface area contributed by atoms with Crippen LogP contribution in [0.3, 0.4) is 0 Å². The van der Waals surface area contributed by atoms with Gasteiger partial charge >= 0.3 is 0 Å². The molecule has 4 rings (SSSR count). The summed E-state index contributed by atoms with van der Waals surface area (Å²) in [5.41, 5.74) is 3.59. The fourth-order valence-corrected chi connectivity index (χ4v) is 3.41. The predicted molar refractivity (Wildman–Crippen MR) is 86.3 cm³/mol. The minimum atomic E-state index is -0.0203. The van der Waals surface area contributed by atoms with Gasteiger partial charge in [-0.15, -0.1) is 12.4 Å². The van der Waals surface area contributed by atoms with Crippen LogP contribution in [0, 0.1) is 12.3 Å². The molecule has 0 unspecified atom stereocenters. The number of aromatic nitrogens is 1. The van der Waals surface area contributed by atoms with Crippen molar-refractivity contribution in [3.8, 4) is 11.5 Å². The Morgan fingerprint density at radius 2 is 1.82 bits per heavy atom. The zero-order valence-electron chi connectivity index (χ0n) is 12.9. The van der Waals surface area contributed by atoms with Crippen LogP contribution >= 0.6 is 12.4 Å². The molecule has 116 valence electrons. The van der Waals surface area contributed by atoms with Gasteiger partial charge in [-0.1, -0.05) is 13.8 Å². The first-order valence-electron chi connectivity index (χ1n) is 7.21. The third-order valence-electron chi connectivity index (χ3n) is 4.38. The zero-order chi connectivity index (χ0) is 14.8. The van der Waals surface area contributed by atoms with Gasteiger partial charge in [-0.2, -0.15) is 0 Å². The molecule has 0 amide bonds. The van der Waals surface area contributed by atoms with Crippen molar-refractivity contribution in [2.75, 3.05) is 6.79 Å². The lowest BCUT2D eigenvalue weighted by atomic mass is 9.74. The number of carbonyl (C=O) groups excluding carboxylic acids is 1. The van der Waals surface area contributed by atoms with Gasteiger partial charge in [0.1, 0.15) is 0 Å². The molecule has 4 nitrogen and oxygen atoms in total. The maximum absolute atomic E-state index is 12.5. The van der Waals surface area contributed by atoms with Gasteiger partial charge in [-0.3, -0.25) is 9.78 Å². The Morgan fingerprint density at radius 3 is 2.55 bits per heavy atom. The molecule has 1 aliphatic carbocycles. The maximum atomic E-state index is 12.5. The molecule has 1 aromatic carbocycles. The fourth-order valence-electron chi connectivity index (χ4n) is 3.41. The summed E-state index contributed by atoms with van der Waals surface area (Å²) in [6, 6.07) is 3.85. The average molecular weight is 320 g/mol. The number of aryl methyl sites for hydroxylation is 1. The number of rotatable bonds is 0. The highest BCUT2D eigenvalue weighted by Crippen LogP contribution is 2.41. The molecule has 0 saturated heterocycles. The van der Waals surface area contributed by atoms with E-state index in [9.17, 15) is 4.79 Å². The van der Waals surface area contributed by atoms with Crippen LogP contribution in [0.25, 0.3) is 10.9 Å². The second-order valence-corrected chi connectivity index (χ2v) is 6.72. The number of carbonyl (C=O) groups is 1. The lowest BCUT2D eigenvalue weighted by Gasteiger charge is -2.30. The first-order chi connectivity index (χ1) is 9.94. The number of Topliss-reactive ketones (excluding diaryl/α,β-unsaturated/α-hetero) is 1. The molecular formula is C17H18ClNO3. The van der Waals surface area contributed by atoms with Gasteiger partial charge in [0.05, 0.1) is 11.2 Å². The van der Waals surface area contributed by atoms with Gasteiger partial charge < -0.3 is 9.47 Å². The third-order valence-corrected chi connectivity index (χ3v) is 4.38. The van der Waals surface area contributed by atoms with E-state index in [0.717, 1.165) is 45.6 Å². The molecule has 0 atom stereocenters. The minimum Gasteiger partial charge on any atom is -0.454 e. The number of halogens is 1. The molecule has 1 aromatic heterocycles. The summed E-state index contributed by atoms with van der Waals surface area (Å²) in [7, 11) is 0. The van der Waals surface area contributed by atoms with E-state index in [-0.39, 0.29) is 30.4 Å². The second kappa shape index (κ2) is 4.85. The largest absolute Gasteiger partial charge is 0.454 e. The molecule has 0 radical (unpaired) electrons. The monoisotopic (exact) mass is 319 g/mol. The molecule has 0 bridgehead atoms. The van der Waals surface area contributed by atoms with Crippen LogP contribution in [0.5, 0.6) is 11.5 Å². The van der Waals surface area contributed by atoms with E-state index in [1.54, 1.807) is 0 Å². The van der Waals surface area contributed by atoms with Crippen LogP contribution in [-0.2, 0) is 6.42 Å². The summed E-state index contributed by atoms with van der Waals surface area (Å²) in [5, 5.41) is 0.978. The summed E-state index contributed by atoms with van der Waals surface area (Å²) in [4.78, 5) is 17.2. The van der Waals surface area contributed by atoms with Crippen molar-refractivity contribution in [2.45, 2.75) is 33.6 Å². The van der Waals surface area contributed by atoms with Gasteiger partial charge in [-0.25, -0.2) is 0 Å². The normalized spacial score (nSPS) is 18.0. The first kappa shape index (κ1) is 15.1. The summed E-state index contributed by atoms with van der Waals surface area (Å²) >= 11 is 0. The maximum Gasteiger partial charge on any atom is 0.231 e. The topological polar surface area (TPSA) is 48.4 Å². The molecular weight excluding hydrogens is 302 g/mol. The highest BCUT2D eigenvalue weighted by atomic mass is 35.5. The zero-order valence-corrected chi connectivity index (χ0v) is 13.7. The number of hydrogen-bond acceptors (Lipinski definition) is 4. The van der Waals surface area contributed by atoms with E-state index >= 15 is 0 Å². The molecule has 2 heterocycles. The van der Waals surface area contributed by atoms with Gasteiger partial charge in [0.15, 0.2) is 17.3 Å². The molecule has 0 spiro atoms. The van der Waals surface area contributed by atoms with E-state index in [0.29, 0.717) is 6.42 Å². The summed E-state index contributed by atoms with van der Waals surface area (Å²) in [6.45, 7) is 6.49. The predicted octanol–water partition coefficient (Wildman–Crippen LogP) is 3.85. The number of benzene rings is 1. The van der Waals surface area contributed by atoms with Crippen LogP contribution in [0.1, 0.15) is 41.9 Å². The molecule has 2 aliphatic rings. The van der Waals surface area contributed by atoms with Crippen LogP contribution in [0.15, 0.2) is 12.1 Å². The quantitative estimate of drug-likeness (QED) is 0.740. The van der Waals surface area contributed by atoms with E-state index in [2.05, 4.69) is 13.8 Å². The van der Waals surface area contributed by atoms with E-state index in [1.165, 1.54) is 0 Å². The first-order valence-corrected chi connectivity index (χ1v) is 7.21. The number of hydrogen-bond donors (Lipinski definition) is 0. The van der Waals surface area contributed by atoms with Gasteiger partial charge in [0.2, 0.25) is 6.79 Å². The number of fused-ring (bicyclic) bond motifs is 3. The highest BCUT2D eigenvalue weighted by Gasteiger charge is 2.34. The van der Waals surface area contributed by atoms with Crippen molar-refractivity contribution in [3.05, 3.63) is 29.0 Å². The standard InChI is InChI=1S/C17H17NO3.ClH/c1-9-10-4-14-15(21-8-20-14)5-11(10)18-12-6-17(2,3)7-13(19)16(9)12;/h4-5H,6-8H2,1-3H3;1H. The molecule has 2 aromatic rings. The van der Waals surface area contributed by atoms with E-state index < -0.39 is 0 Å². The van der Waals surface area contributed by atoms with Crippen LogP contribution in [0.4, 0.5) is 0 Å². The molecule has 5 heteroatoms. The van der Waals surface area contributed by atoms with Crippen LogP contribution < -0.4 is 9.47 Å². The van der Waals surface area contributed by atoms with Crippen molar-refractivity contribution in [1.29, 1.82) is 0 Å². The molecule has 22 heavy (non-hydrogen) atoms. The van der Waals surface area contributed by atoms with Crippen molar-refractivity contribution in [2.24, 2.45) is 5.41 Å².